The van der Waals surface area contributed by atoms with E-state index in [1.807, 2.05) is 11.3 Å². The fourth-order valence-electron chi connectivity index (χ4n) is 3.48. The van der Waals surface area contributed by atoms with Crippen LogP contribution < -0.4 is 5.32 Å². The van der Waals surface area contributed by atoms with Crippen LogP contribution in [0.3, 0.4) is 0 Å². The highest BCUT2D eigenvalue weighted by atomic mass is 32.1. The number of thiazole rings is 1. The van der Waals surface area contributed by atoms with Crippen LogP contribution in [0.25, 0.3) is 0 Å². The Kier molecular flexibility index (Phi) is 3.78. The predicted octanol–water partition coefficient (Wildman–Crippen LogP) is 2.19. The van der Waals surface area contributed by atoms with Gasteiger partial charge in [0.05, 0.1) is 11.7 Å². The summed E-state index contributed by atoms with van der Waals surface area (Å²) in [5.74, 6) is 0.759. The lowest BCUT2D eigenvalue weighted by Crippen LogP contribution is -2.56. The number of nitrogens with one attached hydrogen (secondary N) is 1. The number of nitrogens with zero attached hydrogens (tertiary/aromatic N) is 3. The molecule has 116 valence electrons. The molecule has 3 aliphatic heterocycles. The van der Waals surface area contributed by atoms with Crippen molar-refractivity contribution in [1.82, 2.24) is 20.1 Å². The van der Waals surface area contributed by atoms with E-state index in [9.17, 15) is 0 Å². The zero-order valence-electron chi connectivity index (χ0n) is 13.1. The van der Waals surface area contributed by atoms with E-state index in [0.717, 1.165) is 12.5 Å². The minimum Gasteiger partial charge on any atom is -0.310 e. The standard InChI is InChI=1S/C16H26N4S/c1-11(2)17-9-14-15(12-3-4-12)18-16(21-14)13-10-19-5-7-20(13)8-6-19/h11-13,17H,3-10H2,1-2H3. The van der Waals surface area contributed by atoms with E-state index in [1.54, 1.807) is 0 Å². The minimum atomic E-state index is 0.545. The summed E-state index contributed by atoms with van der Waals surface area (Å²) in [4.78, 5) is 11.9. The molecule has 4 fully saturated rings. The molecule has 4 nitrogen and oxygen atoms in total. The van der Waals surface area contributed by atoms with Crippen molar-refractivity contribution in [2.45, 2.75) is 51.2 Å². The average Bonchev–Trinajstić information content (AvgIpc) is 3.26. The Morgan fingerprint density at radius 2 is 2.00 bits per heavy atom. The summed E-state index contributed by atoms with van der Waals surface area (Å²) in [6, 6.07) is 1.10. The smallest absolute Gasteiger partial charge is 0.112 e. The molecule has 0 aromatic carbocycles. The highest BCUT2D eigenvalue weighted by molar-refractivity contribution is 7.11. The molecule has 0 spiro atoms. The van der Waals surface area contributed by atoms with Gasteiger partial charge in [0, 0.05) is 56.1 Å². The maximum atomic E-state index is 5.10. The molecular formula is C16H26N4S. The second-order valence-electron chi connectivity index (χ2n) is 7.02. The van der Waals surface area contributed by atoms with Crippen molar-refractivity contribution >= 4 is 11.3 Å². The van der Waals surface area contributed by atoms with Gasteiger partial charge in [-0.25, -0.2) is 4.98 Å². The molecular weight excluding hydrogens is 280 g/mol. The minimum absolute atomic E-state index is 0.545. The fourth-order valence-corrected chi connectivity index (χ4v) is 4.70. The molecule has 1 aromatic rings. The molecule has 1 unspecified atom stereocenters. The molecule has 4 heterocycles. The molecule has 5 heteroatoms. The normalized spacial score (nSPS) is 32.0. The zero-order chi connectivity index (χ0) is 14.4. The van der Waals surface area contributed by atoms with Crippen LogP contribution in [0.5, 0.6) is 0 Å². The Morgan fingerprint density at radius 3 is 2.57 bits per heavy atom. The van der Waals surface area contributed by atoms with Crippen molar-refractivity contribution in [3.05, 3.63) is 15.6 Å². The molecule has 21 heavy (non-hydrogen) atoms. The van der Waals surface area contributed by atoms with Gasteiger partial charge in [-0.1, -0.05) is 13.8 Å². The summed E-state index contributed by atoms with van der Waals surface area (Å²) in [7, 11) is 0. The van der Waals surface area contributed by atoms with Gasteiger partial charge in [-0.2, -0.15) is 0 Å². The Labute approximate surface area is 131 Å². The lowest BCUT2D eigenvalue weighted by molar-refractivity contribution is 0.0122. The van der Waals surface area contributed by atoms with E-state index in [2.05, 4.69) is 29.0 Å². The Hall–Kier alpha value is -0.490. The van der Waals surface area contributed by atoms with E-state index in [1.165, 1.54) is 61.1 Å². The van der Waals surface area contributed by atoms with Crippen molar-refractivity contribution in [2.24, 2.45) is 0 Å². The molecule has 5 rings (SSSR count). The Balaban J connectivity index is 1.56. The monoisotopic (exact) mass is 306 g/mol. The molecule has 0 amide bonds. The van der Waals surface area contributed by atoms with Crippen LogP contribution >= 0.6 is 11.3 Å². The van der Waals surface area contributed by atoms with Crippen molar-refractivity contribution in [3.8, 4) is 0 Å². The molecule has 0 radical (unpaired) electrons. The number of hydrogen-bond donors (Lipinski definition) is 1. The highest BCUT2D eigenvalue weighted by Crippen LogP contribution is 2.44. The molecule has 4 aliphatic rings. The first-order chi connectivity index (χ1) is 10.2. The maximum absolute atomic E-state index is 5.10. The van der Waals surface area contributed by atoms with E-state index in [0.29, 0.717) is 12.1 Å². The first-order valence-electron chi connectivity index (χ1n) is 8.40. The van der Waals surface area contributed by atoms with E-state index < -0.39 is 0 Å². The number of fused-ring (bicyclic) bond motifs is 3. The van der Waals surface area contributed by atoms with Crippen LogP contribution in [0, 0.1) is 0 Å². The van der Waals surface area contributed by atoms with Gasteiger partial charge in [0.2, 0.25) is 0 Å². The Bertz CT molecular complexity index is 500. The van der Waals surface area contributed by atoms with Crippen molar-refractivity contribution in [3.63, 3.8) is 0 Å². The third-order valence-electron chi connectivity index (χ3n) is 4.94. The number of piperazine rings is 3. The van der Waals surface area contributed by atoms with Gasteiger partial charge in [0.15, 0.2) is 0 Å². The van der Waals surface area contributed by atoms with Gasteiger partial charge in [-0.15, -0.1) is 11.3 Å². The first kappa shape index (κ1) is 14.1. The summed E-state index contributed by atoms with van der Waals surface area (Å²) in [5.41, 5.74) is 1.42. The second kappa shape index (κ2) is 5.61. The summed E-state index contributed by atoms with van der Waals surface area (Å²) in [5, 5.41) is 4.96. The predicted molar refractivity (Wildman–Crippen MR) is 86.8 cm³/mol. The van der Waals surface area contributed by atoms with E-state index in [4.69, 9.17) is 4.98 Å². The van der Waals surface area contributed by atoms with Crippen LogP contribution in [-0.4, -0.2) is 53.5 Å². The van der Waals surface area contributed by atoms with Gasteiger partial charge in [-0.05, 0) is 12.8 Å². The van der Waals surface area contributed by atoms with Crippen molar-refractivity contribution in [2.75, 3.05) is 32.7 Å². The highest BCUT2D eigenvalue weighted by Gasteiger charge is 2.37. The lowest BCUT2D eigenvalue weighted by atomic mass is 10.1. The molecule has 3 saturated heterocycles. The summed E-state index contributed by atoms with van der Waals surface area (Å²) < 4.78 is 0. The number of hydrogen-bond acceptors (Lipinski definition) is 5. The molecule has 1 aliphatic carbocycles. The van der Waals surface area contributed by atoms with Crippen LogP contribution in [0.4, 0.5) is 0 Å². The largest absolute Gasteiger partial charge is 0.310 e. The number of rotatable bonds is 5. The quantitative estimate of drug-likeness (QED) is 0.903. The van der Waals surface area contributed by atoms with Crippen LogP contribution in [0.15, 0.2) is 0 Å². The van der Waals surface area contributed by atoms with Crippen LogP contribution in [0.2, 0.25) is 0 Å². The number of aromatic nitrogens is 1. The second-order valence-corrected chi connectivity index (χ2v) is 8.14. The zero-order valence-corrected chi connectivity index (χ0v) is 14.0. The van der Waals surface area contributed by atoms with E-state index in [-0.39, 0.29) is 0 Å². The van der Waals surface area contributed by atoms with Gasteiger partial charge in [-0.3, -0.25) is 9.80 Å². The van der Waals surface area contributed by atoms with Crippen molar-refractivity contribution < 1.29 is 0 Å². The van der Waals surface area contributed by atoms with Gasteiger partial charge in [0.1, 0.15) is 5.01 Å². The summed E-state index contributed by atoms with van der Waals surface area (Å²) in [6.07, 6.45) is 2.69. The molecule has 1 N–H and O–H groups in total. The molecule has 1 aromatic heterocycles. The third kappa shape index (κ3) is 2.89. The molecule has 1 atom stereocenters. The summed E-state index contributed by atoms with van der Waals surface area (Å²) in [6.45, 7) is 11.6. The van der Waals surface area contributed by atoms with Crippen LogP contribution in [0.1, 0.15) is 54.2 Å². The van der Waals surface area contributed by atoms with Gasteiger partial charge < -0.3 is 5.32 Å². The van der Waals surface area contributed by atoms with Gasteiger partial charge >= 0.3 is 0 Å². The third-order valence-corrected chi connectivity index (χ3v) is 6.12. The maximum Gasteiger partial charge on any atom is 0.112 e. The van der Waals surface area contributed by atoms with E-state index >= 15 is 0 Å². The first-order valence-corrected chi connectivity index (χ1v) is 9.21. The van der Waals surface area contributed by atoms with Gasteiger partial charge in [0.25, 0.3) is 0 Å². The fraction of sp³-hybridized carbons (Fsp3) is 0.812. The Morgan fingerprint density at radius 1 is 1.24 bits per heavy atom. The average molecular weight is 306 g/mol. The summed E-state index contributed by atoms with van der Waals surface area (Å²) >= 11 is 1.97. The topological polar surface area (TPSA) is 31.4 Å². The lowest BCUT2D eigenvalue weighted by Gasteiger charge is -2.46. The van der Waals surface area contributed by atoms with Crippen molar-refractivity contribution in [1.29, 1.82) is 0 Å². The SMILES string of the molecule is CC(C)NCc1sc(C2CN3CCN2CC3)nc1C1CC1. The van der Waals surface area contributed by atoms with Crippen LogP contribution in [-0.2, 0) is 6.54 Å². The molecule has 1 saturated carbocycles. The molecule has 2 bridgehead atoms.